The minimum atomic E-state index is -0.597. The van der Waals surface area contributed by atoms with E-state index in [0.29, 0.717) is 5.56 Å². The van der Waals surface area contributed by atoms with Crippen LogP contribution in [0.25, 0.3) is 10.8 Å². The molecule has 0 bridgehead atoms. The van der Waals surface area contributed by atoms with E-state index in [4.69, 9.17) is 0 Å². The second-order valence-corrected chi connectivity index (χ2v) is 4.25. The molecule has 0 atom stereocenters. The molecule has 3 nitrogen and oxygen atoms in total. The fourth-order valence-corrected chi connectivity index (χ4v) is 2.05. The van der Waals surface area contributed by atoms with Crippen LogP contribution in [0.2, 0.25) is 0 Å². The van der Waals surface area contributed by atoms with Crippen LogP contribution < -0.4 is 0 Å². The molecule has 100 valence electrons. The summed E-state index contributed by atoms with van der Waals surface area (Å²) in [6, 6.07) is 14.5. The van der Waals surface area contributed by atoms with Crippen molar-refractivity contribution in [3.05, 3.63) is 77.9 Å². The number of aromatic nitrogens is 1. The molecule has 0 spiro atoms. The first kappa shape index (κ1) is 13.8. The van der Waals surface area contributed by atoms with E-state index in [1.54, 1.807) is 12.1 Å². The standard InChI is InChI=1S/C16H10FNO.H2O/c17-15-10-18-8-7-14(15)16(19)13-6-5-11-3-1-2-4-12(11)9-13;/h1-10H;1H2. The first-order valence-electron chi connectivity index (χ1n) is 5.89. The number of hydrogen-bond donors (Lipinski definition) is 0. The van der Waals surface area contributed by atoms with E-state index < -0.39 is 5.82 Å². The first-order valence-corrected chi connectivity index (χ1v) is 5.89. The number of pyridine rings is 1. The van der Waals surface area contributed by atoms with Crippen LogP contribution in [0.15, 0.2) is 60.9 Å². The molecule has 0 saturated heterocycles. The van der Waals surface area contributed by atoms with Gasteiger partial charge in [-0.3, -0.25) is 9.78 Å². The van der Waals surface area contributed by atoms with Gasteiger partial charge in [-0.25, -0.2) is 4.39 Å². The molecule has 0 fully saturated rings. The van der Waals surface area contributed by atoms with E-state index in [2.05, 4.69) is 4.98 Å². The molecular weight excluding hydrogens is 257 g/mol. The van der Waals surface area contributed by atoms with Crippen molar-refractivity contribution in [3.63, 3.8) is 0 Å². The van der Waals surface area contributed by atoms with Gasteiger partial charge in [-0.1, -0.05) is 36.4 Å². The number of fused-ring (bicyclic) bond motifs is 1. The number of carbonyl (C=O) groups is 1. The van der Waals surface area contributed by atoms with Crippen LogP contribution in [0, 0.1) is 5.82 Å². The van der Waals surface area contributed by atoms with Crippen LogP contribution in [0.3, 0.4) is 0 Å². The lowest BCUT2D eigenvalue weighted by molar-refractivity contribution is 0.103. The minimum Gasteiger partial charge on any atom is -0.412 e. The monoisotopic (exact) mass is 269 g/mol. The number of carbonyl (C=O) groups excluding carboxylic acids is 1. The van der Waals surface area contributed by atoms with E-state index in [1.165, 1.54) is 12.3 Å². The third-order valence-corrected chi connectivity index (χ3v) is 3.03. The van der Waals surface area contributed by atoms with Crippen LogP contribution in [0.5, 0.6) is 0 Å². The molecule has 20 heavy (non-hydrogen) atoms. The van der Waals surface area contributed by atoms with Gasteiger partial charge in [0.2, 0.25) is 0 Å². The highest BCUT2D eigenvalue weighted by atomic mass is 19.1. The van der Waals surface area contributed by atoms with Crippen molar-refractivity contribution >= 4 is 16.6 Å². The molecule has 3 aromatic rings. The smallest absolute Gasteiger partial charge is 0.196 e. The van der Waals surface area contributed by atoms with Gasteiger partial charge in [-0.15, -0.1) is 0 Å². The summed E-state index contributed by atoms with van der Waals surface area (Å²) >= 11 is 0. The Bertz CT molecular complexity index is 771. The quantitative estimate of drug-likeness (QED) is 0.671. The molecule has 0 aliphatic rings. The third-order valence-electron chi connectivity index (χ3n) is 3.03. The summed E-state index contributed by atoms with van der Waals surface area (Å²) in [4.78, 5) is 15.9. The van der Waals surface area contributed by atoms with Crippen LogP contribution in [0.4, 0.5) is 4.39 Å². The Kier molecular flexibility index (Phi) is 3.86. The van der Waals surface area contributed by atoms with Gasteiger partial charge >= 0.3 is 0 Å². The summed E-state index contributed by atoms with van der Waals surface area (Å²) in [7, 11) is 0. The molecule has 0 unspecified atom stereocenters. The number of ketones is 1. The van der Waals surface area contributed by atoms with Crippen LogP contribution in [-0.4, -0.2) is 16.2 Å². The molecule has 4 heteroatoms. The zero-order valence-corrected chi connectivity index (χ0v) is 10.5. The molecule has 0 amide bonds. The molecule has 1 heterocycles. The van der Waals surface area contributed by atoms with Gasteiger partial charge in [0.1, 0.15) is 0 Å². The maximum atomic E-state index is 13.6. The number of nitrogens with zero attached hydrogens (tertiary/aromatic N) is 1. The molecular formula is C16H12FNO2. The van der Waals surface area contributed by atoms with Crippen LogP contribution >= 0.6 is 0 Å². The number of rotatable bonds is 2. The van der Waals surface area contributed by atoms with Gasteiger partial charge in [-0.2, -0.15) is 0 Å². The predicted molar refractivity (Wildman–Crippen MR) is 75.2 cm³/mol. The number of halogens is 1. The Balaban J connectivity index is 0.00000147. The summed E-state index contributed by atoms with van der Waals surface area (Å²) in [5.74, 6) is -0.925. The zero-order chi connectivity index (χ0) is 13.2. The second kappa shape index (κ2) is 5.59. The highest BCUT2D eigenvalue weighted by Crippen LogP contribution is 2.19. The van der Waals surface area contributed by atoms with E-state index >= 15 is 0 Å². The highest BCUT2D eigenvalue weighted by molar-refractivity contribution is 6.10. The van der Waals surface area contributed by atoms with E-state index in [1.807, 2.05) is 30.3 Å². The summed E-state index contributed by atoms with van der Waals surface area (Å²) in [6.07, 6.45) is 2.46. The molecule has 2 aromatic carbocycles. The largest absolute Gasteiger partial charge is 0.412 e. The van der Waals surface area contributed by atoms with Crippen molar-refractivity contribution in [2.24, 2.45) is 0 Å². The van der Waals surface area contributed by atoms with Gasteiger partial charge in [0.05, 0.1) is 11.8 Å². The van der Waals surface area contributed by atoms with Crippen LogP contribution in [-0.2, 0) is 0 Å². The second-order valence-electron chi connectivity index (χ2n) is 4.25. The van der Waals surface area contributed by atoms with Gasteiger partial charge in [-0.05, 0) is 22.9 Å². The first-order chi connectivity index (χ1) is 9.25. The molecule has 2 N–H and O–H groups in total. The average Bonchev–Trinajstić information content (AvgIpc) is 2.46. The Hall–Kier alpha value is -2.59. The normalized spacial score (nSPS) is 10.1. The number of hydrogen-bond acceptors (Lipinski definition) is 2. The average molecular weight is 269 g/mol. The van der Waals surface area contributed by atoms with Crippen LogP contribution in [0.1, 0.15) is 15.9 Å². The van der Waals surface area contributed by atoms with Gasteiger partial charge in [0, 0.05) is 11.8 Å². The lowest BCUT2D eigenvalue weighted by Crippen LogP contribution is -2.04. The van der Waals surface area contributed by atoms with E-state index in [-0.39, 0.29) is 16.8 Å². The van der Waals surface area contributed by atoms with Crippen molar-refractivity contribution in [1.82, 2.24) is 4.98 Å². The van der Waals surface area contributed by atoms with Gasteiger partial charge in [0.25, 0.3) is 0 Å². The Labute approximate surface area is 115 Å². The molecule has 1 aromatic heterocycles. The van der Waals surface area contributed by atoms with E-state index in [0.717, 1.165) is 17.0 Å². The minimum absolute atomic E-state index is 0. The summed E-state index contributed by atoms with van der Waals surface area (Å²) in [6.45, 7) is 0. The lowest BCUT2D eigenvalue weighted by atomic mass is 10.0. The Morgan fingerprint density at radius 3 is 2.50 bits per heavy atom. The fourth-order valence-electron chi connectivity index (χ4n) is 2.05. The zero-order valence-electron chi connectivity index (χ0n) is 10.5. The SMILES string of the molecule is O.O=C(c1ccc2ccccc2c1)c1ccncc1F. The van der Waals surface area contributed by atoms with Crippen molar-refractivity contribution < 1.29 is 14.7 Å². The van der Waals surface area contributed by atoms with Gasteiger partial charge in [0.15, 0.2) is 11.6 Å². The maximum Gasteiger partial charge on any atom is 0.196 e. The summed E-state index contributed by atoms with van der Waals surface area (Å²) in [5, 5.41) is 2.01. The molecule has 3 rings (SSSR count). The Morgan fingerprint density at radius 2 is 1.75 bits per heavy atom. The summed E-state index contributed by atoms with van der Waals surface area (Å²) < 4.78 is 13.6. The highest BCUT2D eigenvalue weighted by Gasteiger charge is 2.13. The van der Waals surface area contributed by atoms with Crippen molar-refractivity contribution in [3.8, 4) is 0 Å². The molecule has 0 aliphatic heterocycles. The van der Waals surface area contributed by atoms with Crippen molar-refractivity contribution in [2.45, 2.75) is 0 Å². The van der Waals surface area contributed by atoms with Gasteiger partial charge < -0.3 is 5.48 Å². The van der Waals surface area contributed by atoms with E-state index in [9.17, 15) is 9.18 Å². The molecule has 0 aliphatic carbocycles. The predicted octanol–water partition coefficient (Wildman–Crippen LogP) is 2.78. The topological polar surface area (TPSA) is 61.5 Å². The van der Waals surface area contributed by atoms with Crippen molar-refractivity contribution in [1.29, 1.82) is 0 Å². The Morgan fingerprint density at radius 1 is 1.00 bits per heavy atom. The van der Waals surface area contributed by atoms with Crippen molar-refractivity contribution in [2.75, 3.05) is 0 Å². The molecule has 0 radical (unpaired) electrons. The lowest BCUT2D eigenvalue weighted by Gasteiger charge is -2.04. The maximum absolute atomic E-state index is 13.6. The summed E-state index contributed by atoms with van der Waals surface area (Å²) in [5.41, 5.74) is 0.522. The molecule has 0 saturated carbocycles. The number of benzene rings is 2. The third kappa shape index (κ3) is 2.41. The fraction of sp³-hybridized carbons (Fsp3) is 0.